The van der Waals surface area contributed by atoms with Crippen molar-refractivity contribution in [3.05, 3.63) is 51.7 Å². The van der Waals surface area contributed by atoms with Gasteiger partial charge in [0.1, 0.15) is 0 Å². The Morgan fingerprint density at radius 2 is 2.19 bits per heavy atom. The van der Waals surface area contributed by atoms with Crippen LogP contribution in [0.5, 0.6) is 0 Å². The minimum Gasteiger partial charge on any atom is -0.325 e. The van der Waals surface area contributed by atoms with Crippen LogP contribution in [0.4, 0.5) is 5.69 Å². The van der Waals surface area contributed by atoms with Crippen LogP contribution in [0.3, 0.4) is 0 Å². The smallest absolute Gasteiger partial charge is 0.231 e. The van der Waals surface area contributed by atoms with Gasteiger partial charge in [0.05, 0.1) is 5.92 Å². The SMILES string of the molecule is CC(Br)c1ccccc1NC(=O)C1CCCc2sccc21. The molecule has 1 aromatic heterocycles. The zero-order valence-electron chi connectivity index (χ0n) is 11.9. The summed E-state index contributed by atoms with van der Waals surface area (Å²) in [6.45, 7) is 2.07. The Kier molecular flexibility index (Phi) is 4.45. The number of benzene rings is 1. The van der Waals surface area contributed by atoms with Crippen molar-refractivity contribution in [1.82, 2.24) is 0 Å². The van der Waals surface area contributed by atoms with E-state index in [1.54, 1.807) is 11.3 Å². The predicted molar refractivity (Wildman–Crippen MR) is 92.4 cm³/mol. The molecule has 0 spiro atoms. The van der Waals surface area contributed by atoms with Gasteiger partial charge in [0.2, 0.25) is 5.91 Å². The molecule has 1 amide bonds. The molecular formula is C17H18BrNOS. The summed E-state index contributed by atoms with van der Waals surface area (Å²) < 4.78 is 0. The maximum absolute atomic E-state index is 12.7. The van der Waals surface area contributed by atoms with Crippen molar-refractivity contribution >= 4 is 38.9 Å². The summed E-state index contributed by atoms with van der Waals surface area (Å²) in [5.41, 5.74) is 3.26. The quantitative estimate of drug-likeness (QED) is 0.740. The van der Waals surface area contributed by atoms with Crippen molar-refractivity contribution in [3.8, 4) is 0 Å². The van der Waals surface area contributed by atoms with E-state index in [0.717, 1.165) is 30.5 Å². The summed E-state index contributed by atoms with van der Waals surface area (Å²) in [7, 11) is 0. The molecule has 0 fully saturated rings. The minimum atomic E-state index is -0.00122. The van der Waals surface area contributed by atoms with Crippen molar-refractivity contribution in [1.29, 1.82) is 0 Å². The highest BCUT2D eigenvalue weighted by atomic mass is 79.9. The van der Waals surface area contributed by atoms with E-state index in [-0.39, 0.29) is 16.7 Å². The van der Waals surface area contributed by atoms with Gasteiger partial charge in [-0.05, 0) is 54.8 Å². The number of aryl methyl sites for hydroxylation is 1. The summed E-state index contributed by atoms with van der Waals surface area (Å²) in [6, 6.07) is 10.1. The molecule has 1 aliphatic carbocycles. The molecule has 110 valence electrons. The van der Waals surface area contributed by atoms with Gasteiger partial charge in [-0.25, -0.2) is 0 Å². The number of alkyl halides is 1. The van der Waals surface area contributed by atoms with E-state index in [9.17, 15) is 4.79 Å². The van der Waals surface area contributed by atoms with E-state index in [2.05, 4.69) is 39.6 Å². The zero-order valence-corrected chi connectivity index (χ0v) is 14.3. The first-order chi connectivity index (χ1) is 10.2. The molecule has 2 unspecified atom stereocenters. The summed E-state index contributed by atoms with van der Waals surface area (Å²) in [5.74, 6) is 0.119. The van der Waals surface area contributed by atoms with Crippen LogP contribution in [0, 0.1) is 0 Å². The Morgan fingerprint density at radius 1 is 1.38 bits per heavy atom. The van der Waals surface area contributed by atoms with Gasteiger partial charge in [0, 0.05) is 15.4 Å². The maximum Gasteiger partial charge on any atom is 0.231 e. The van der Waals surface area contributed by atoms with Crippen molar-refractivity contribution in [3.63, 3.8) is 0 Å². The van der Waals surface area contributed by atoms with Crippen LogP contribution in [0.2, 0.25) is 0 Å². The molecule has 2 atom stereocenters. The molecule has 21 heavy (non-hydrogen) atoms. The Bertz CT molecular complexity index is 650. The van der Waals surface area contributed by atoms with Crippen molar-refractivity contribution < 1.29 is 4.79 Å². The molecule has 4 heteroatoms. The first kappa shape index (κ1) is 14.8. The highest BCUT2D eigenvalue weighted by Crippen LogP contribution is 2.36. The van der Waals surface area contributed by atoms with Crippen LogP contribution in [0.25, 0.3) is 0 Å². The third kappa shape index (κ3) is 3.06. The molecule has 2 nitrogen and oxygen atoms in total. The lowest BCUT2D eigenvalue weighted by atomic mass is 9.87. The number of halogens is 1. The van der Waals surface area contributed by atoms with Crippen LogP contribution in [0.15, 0.2) is 35.7 Å². The Morgan fingerprint density at radius 3 is 3.00 bits per heavy atom. The van der Waals surface area contributed by atoms with E-state index in [0.29, 0.717) is 0 Å². The third-order valence-corrected chi connectivity index (χ3v) is 5.51. The molecule has 0 saturated carbocycles. The topological polar surface area (TPSA) is 29.1 Å². The first-order valence-corrected chi connectivity index (χ1v) is 9.06. The second-order valence-corrected chi connectivity index (χ2v) is 7.81. The lowest BCUT2D eigenvalue weighted by Crippen LogP contribution is -2.24. The van der Waals surface area contributed by atoms with E-state index < -0.39 is 0 Å². The molecule has 1 aromatic carbocycles. The zero-order chi connectivity index (χ0) is 14.8. The first-order valence-electron chi connectivity index (χ1n) is 7.27. The average Bonchev–Trinajstić information content (AvgIpc) is 2.95. The number of fused-ring (bicyclic) bond motifs is 1. The standard InChI is InChI=1S/C17H18BrNOS/c1-11(18)12-5-2-3-7-15(12)19-17(20)14-6-4-8-16-13(14)9-10-21-16/h2-3,5,7,9-11,14H,4,6,8H2,1H3,(H,19,20). The fraction of sp³-hybridized carbons (Fsp3) is 0.353. The van der Waals surface area contributed by atoms with Crippen LogP contribution in [0.1, 0.15) is 46.5 Å². The second-order valence-electron chi connectivity index (χ2n) is 5.44. The van der Waals surface area contributed by atoms with Gasteiger partial charge in [0.25, 0.3) is 0 Å². The van der Waals surface area contributed by atoms with Gasteiger partial charge in [-0.2, -0.15) is 0 Å². The molecule has 2 aromatic rings. The monoisotopic (exact) mass is 363 g/mol. The van der Waals surface area contributed by atoms with Crippen molar-refractivity contribution in [2.24, 2.45) is 0 Å². The normalized spacial score (nSPS) is 18.9. The lowest BCUT2D eigenvalue weighted by Gasteiger charge is -2.22. The Balaban J connectivity index is 1.83. The number of amides is 1. The van der Waals surface area contributed by atoms with Crippen LogP contribution in [-0.4, -0.2) is 5.91 Å². The summed E-state index contributed by atoms with van der Waals surface area (Å²) in [4.78, 5) is 14.3. The number of thiophene rings is 1. The van der Waals surface area contributed by atoms with Crippen LogP contribution < -0.4 is 5.32 Å². The molecule has 1 heterocycles. The van der Waals surface area contributed by atoms with E-state index in [4.69, 9.17) is 0 Å². The molecule has 0 bridgehead atoms. The molecule has 1 aliphatic rings. The summed E-state index contributed by atoms with van der Waals surface area (Å²) in [6.07, 6.45) is 3.16. The lowest BCUT2D eigenvalue weighted by molar-refractivity contribution is -0.117. The Labute approximate surface area is 137 Å². The molecule has 0 radical (unpaired) electrons. The number of para-hydroxylation sites is 1. The molecule has 0 aliphatic heterocycles. The number of nitrogens with one attached hydrogen (secondary N) is 1. The number of anilines is 1. The van der Waals surface area contributed by atoms with Gasteiger partial charge in [-0.15, -0.1) is 11.3 Å². The minimum absolute atomic E-state index is 0.00122. The highest BCUT2D eigenvalue weighted by molar-refractivity contribution is 9.09. The van der Waals surface area contributed by atoms with Crippen LogP contribution in [-0.2, 0) is 11.2 Å². The largest absolute Gasteiger partial charge is 0.325 e. The van der Waals surface area contributed by atoms with Crippen LogP contribution >= 0.6 is 27.3 Å². The molecule has 0 saturated heterocycles. The fourth-order valence-corrected chi connectivity index (χ4v) is 4.32. The molecule has 1 N–H and O–H groups in total. The second kappa shape index (κ2) is 6.32. The fourth-order valence-electron chi connectivity index (χ4n) is 2.94. The molecule has 3 rings (SSSR count). The highest BCUT2D eigenvalue weighted by Gasteiger charge is 2.27. The average molecular weight is 364 g/mol. The number of carbonyl (C=O) groups excluding carboxylic acids is 1. The third-order valence-electron chi connectivity index (χ3n) is 4.02. The maximum atomic E-state index is 12.7. The number of carbonyl (C=O) groups is 1. The predicted octanol–water partition coefficient (Wildman–Crippen LogP) is 5.26. The van der Waals surface area contributed by atoms with Crippen molar-refractivity contribution in [2.75, 3.05) is 5.32 Å². The molecular weight excluding hydrogens is 346 g/mol. The van der Waals surface area contributed by atoms with Gasteiger partial charge in [0.15, 0.2) is 0 Å². The van der Waals surface area contributed by atoms with Gasteiger partial charge in [-0.3, -0.25) is 4.79 Å². The van der Waals surface area contributed by atoms with E-state index in [1.165, 1.54) is 10.4 Å². The Hall–Kier alpha value is -1.13. The van der Waals surface area contributed by atoms with E-state index in [1.807, 2.05) is 24.3 Å². The van der Waals surface area contributed by atoms with Gasteiger partial charge >= 0.3 is 0 Å². The van der Waals surface area contributed by atoms with Gasteiger partial charge in [-0.1, -0.05) is 34.1 Å². The van der Waals surface area contributed by atoms with E-state index >= 15 is 0 Å². The van der Waals surface area contributed by atoms with Gasteiger partial charge < -0.3 is 5.32 Å². The van der Waals surface area contributed by atoms with Crippen molar-refractivity contribution in [2.45, 2.75) is 36.9 Å². The number of hydrogen-bond acceptors (Lipinski definition) is 2. The summed E-state index contributed by atoms with van der Waals surface area (Å²) in [5, 5.41) is 5.23. The summed E-state index contributed by atoms with van der Waals surface area (Å²) >= 11 is 5.36. The number of rotatable bonds is 3. The number of hydrogen-bond donors (Lipinski definition) is 1.